The van der Waals surface area contributed by atoms with Gasteiger partial charge in [0.1, 0.15) is 0 Å². The van der Waals surface area contributed by atoms with E-state index in [1.807, 2.05) is 24.3 Å². The summed E-state index contributed by atoms with van der Waals surface area (Å²) in [5.74, 6) is 0. The zero-order valence-electron chi connectivity index (χ0n) is 11.0. The average Bonchev–Trinajstić information content (AvgIpc) is 2.95. The van der Waals surface area contributed by atoms with Crippen molar-refractivity contribution in [3.63, 3.8) is 0 Å². The molecule has 5 nitrogen and oxygen atoms in total. The Kier molecular flexibility index (Phi) is 3.16. The molecule has 1 aromatic heterocycles. The lowest BCUT2D eigenvalue weighted by atomic mass is 10.1. The molecule has 1 aliphatic rings. The van der Waals surface area contributed by atoms with Crippen LogP contribution in [-0.4, -0.2) is 24.2 Å². The van der Waals surface area contributed by atoms with E-state index in [0.717, 1.165) is 11.1 Å². The van der Waals surface area contributed by atoms with E-state index in [1.165, 1.54) is 12.3 Å². The third kappa shape index (κ3) is 2.26. The van der Waals surface area contributed by atoms with Crippen molar-refractivity contribution in [1.82, 2.24) is 9.29 Å². The van der Waals surface area contributed by atoms with Gasteiger partial charge in [-0.15, -0.1) is 0 Å². The molecule has 0 saturated heterocycles. The molecule has 106 valence electrons. The van der Waals surface area contributed by atoms with Gasteiger partial charge in [-0.3, -0.25) is 0 Å². The Balaban J connectivity index is 1.92. The zero-order chi connectivity index (χ0) is 14.3. The minimum absolute atomic E-state index is 0.205. The van der Waals surface area contributed by atoms with E-state index >= 15 is 0 Å². The van der Waals surface area contributed by atoms with Crippen molar-refractivity contribution in [3.8, 4) is 0 Å². The molecule has 1 aromatic carbocycles. The van der Waals surface area contributed by atoms with Crippen molar-refractivity contribution < 1.29 is 13.5 Å². The molecule has 0 radical (unpaired) electrons. The molecular weight excluding hydrogens is 276 g/mol. The van der Waals surface area contributed by atoms with Gasteiger partial charge in [0, 0.05) is 25.9 Å². The first-order valence-corrected chi connectivity index (χ1v) is 7.86. The molecule has 0 amide bonds. The minimum atomic E-state index is -3.63. The molecule has 20 heavy (non-hydrogen) atoms. The summed E-state index contributed by atoms with van der Waals surface area (Å²) in [5, 5.41) is 10.1. The first kappa shape index (κ1) is 13.4. The number of fused-ring (bicyclic) bond motifs is 1. The Hall–Kier alpha value is -1.63. The van der Waals surface area contributed by atoms with Crippen LogP contribution in [0.15, 0.2) is 47.6 Å². The molecule has 0 fully saturated rings. The summed E-state index contributed by atoms with van der Waals surface area (Å²) >= 11 is 0. The summed E-state index contributed by atoms with van der Waals surface area (Å²) in [6.45, 7) is 0. The first-order chi connectivity index (χ1) is 9.47. The molecule has 0 bridgehead atoms. The standard InChI is InChI=1S/C14H16N2O3S/c1-16-7-6-11(9-16)20(18,19)15-14-12-5-3-2-4-10(12)8-13(14)17/h2-7,9,13-15,17H,8H2,1H3/t13-,14+/m1/s1. The minimum Gasteiger partial charge on any atom is -0.391 e. The summed E-state index contributed by atoms with van der Waals surface area (Å²) in [5.41, 5.74) is 1.83. The van der Waals surface area contributed by atoms with Gasteiger partial charge in [-0.1, -0.05) is 24.3 Å². The average molecular weight is 292 g/mol. The summed E-state index contributed by atoms with van der Waals surface area (Å²) in [4.78, 5) is 0.205. The van der Waals surface area contributed by atoms with Crippen molar-refractivity contribution >= 4 is 10.0 Å². The van der Waals surface area contributed by atoms with Gasteiger partial charge in [0.25, 0.3) is 0 Å². The summed E-state index contributed by atoms with van der Waals surface area (Å²) in [6, 6.07) is 8.45. The molecule has 0 aliphatic heterocycles. The number of aliphatic hydroxyl groups excluding tert-OH is 1. The molecule has 0 unspecified atom stereocenters. The van der Waals surface area contributed by atoms with Crippen molar-refractivity contribution in [2.75, 3.05) is 0 Å². The van der Waals surface area contributed by atoms with E-state index in [9.17, 15) is 13.5 Å². The van der Waals surface area contributed by atoms with Crippen molar-refractivity contribution in [2.24, 2.45) is 7.05 Å². The van der Waals surface area contributed by atoms with Gasteiger partial charge in [0.15, 0.2) is 0 Å². The number of aromatic nitrogens is 1. The lowest BCUT2D eigenvalue weighted by Gasteiger charge is -2.17. The molecule has 1 aliphatic carbocycles. The number of hydrogen-bond donors (Lipinski definition) is 2. The van der Waals surface area contributed by atoms with Crippen LogP contribution in [0.4, 0.5) is 0 Å². The van der Waals surface area contributed by atoms with Crippen molar-refractivity contribution in [3.05, 3.63) is 53.9 Å². The molecule has 2 N–H and O–H groups in total. The molecule has 2 aromatic rings. The Morgan fingerprint density at radius 3 is 2.75 bits per heavy atom. The second kappa shape index (κ2) is 4.73. The number of rotatable bonds is 3. The van der Waals surface area contributed by atoms with Gasteiger partial charge in [0.2, 0.25) is 10.0 Å². The van der Waals surface area contributed by atoms with Crippen LogP contribution in [0, 0.1) is 0 Å². The highest BCUT2D eigenvalue weighted by atomic mass is 32.2. The predicted octanol–water partition coefficient (Wildman–Crippen LogP) is 0.962. The second-order valence-corrected chi connectivity index (χ2v) is 6.80. The van der Waals surface area contributed by atoms with E-state index in [2.05, 4.69) is 4.72 Å². The molecule has 0 saturated carbocycles. The number of sulfonamides is 1. The quantitative estimate of drug-likeness (QED) is 0.885. The number of nitrogens with zero attached hydrogens (tertiary/aromatic N) is 1. The summed E-state index contributed by atoms with van der Waals surface area (Å²) in [7, 11) is -1.87. The molecule has 2 atom stereocenters. The fourth-order valence-corrected chi connectivity index (χ4v) is 3.89. The number of aryl methyl sites for hydroxylation is 1. The van der Waals surface area contributed by atoms with Gasteiger partial charge < -0.3 is 9.67 Å². The van der Waals surface area contributed by atoms with E-state index in [1.54, 1.807) is 17.8 Å². The van der Waals surface area contributed by atoms with Crippen LogP contribution in [0.25, 0.3) is 0 Å². The van der Waals surface area contributed by atoms with Crippen molar-refractivity contribution in [2.45, 2.75) is 23.5 Å². The molecule has 3 rings (SSSR count). The monoisotopic (exact) mass is 292 g/mol. The normalized spacial score (nSPS) is 21.9. The van der Waals surface area contributed by atoms with Gasteiger partial charge in [-0.2, -0.15) is 0 Å². The maximum atomic E-state index is 12.3. The predicted molar refractivity (Wildman–Crippen MR) is 74.6 cm³/mol. The summed E-state index contributed by atoms with van der Waals surface area (Å²) in [6.07, 6.45) is 2.95. The number of benzene rings is 1. The highest BCUT2D eigenvalue weighted by Gasteiger charge is 2.34. The number of nitrogens with one attached hydrogen (secondary N) is 1. The van der Waals surface area contributed by atoms with Gasteiger partial charge in [-0.05, 0) is 17.2 Å². The molecular formula is C14H16N2O3S. The fourth-order valence-electron chi connectivity index (χ4n) is 2.59. The Morgan fingerprint density at radius 2 is 2.05 bits per heavy atom. The SMILES string of the molecule is Cn1ccc(S(=O)(=O)N[C@H]2c3ccccc3C[C@H]2O)c1. The van der Waals surface area contributed by atoms with Crippen LogP contribution >= 0.6 is 0 Å². The smallest absolute Gasteiger partial charge is 0.242 e. The third-order valence-corrected chi connectivity index (χ3v) is 5.03. The van der Waals surface area contributed by atoms with Gasteiger partial charge >= 0.3 is 0 Å². The second-order valence-electron chi connectivity index (χ2n) is 5.08. The maximum Gasteiger partial charge on any atom is 0.242 e. The third-order valence-electron chi connectivity index (χ3n) is 3.60. The van der Waals surface area contributed by atoms with Gasteiger partial charge in [0.05, 0.1) is 17.0 Å². The van der Waals surface area contributed by atoms with E-state index in [0.29, 0.717) is 6.42 Å². The lowest BCUT2D eigenvalue weighted by molar-refractivity contribution is 0.151. The highest BCUT2D eigenvalue weighted by Crippen LogP contribution is 2.32. The molecule has 0 spiro atoms. The van der Waals surface area contributed by atoms with Crippen LogP contribution < -0.4 is 4.72 Å². The largest absolute Gasteiger partial charge is 0.391 e. The Bertz CT molecular complexity index is 736. The first-order valence-electron chi connectivity index (χ1n) is 6.37. The van der Waals surface area contributed by atoms with E-state index in [-0.39, 0.29) is 4.90 Å². The lowest BCUT2D eigenvalue weighted by Crippen LogP contribution is -2.33. The highest BCUT2D eigenvalue weighted by molar-refractivity contribution is 7.89. The molecule has 1 heterocycles. The fraction of sp³-hybridized carbons (Fsp3) is 0.286. The topological polar surface area (TPSA) is 71.3 Å². The molecule has 6 heteroatoms. The van der Waals surface area contributed by atoms with E-state index in [4.69, 9.17) is 0 Å². The van der Waals surface area contributed by atoms with Crippen LogP contribution in [0.2, 0.25) is 0 Å². The van der Waals surface area contributed by atoms with Crippen LogP contribution in [-0.2, 0) is 23.5 Å². The maximum absolute atomic E-state index is 12.3. The van der Waals surface area contributed by atoms with Gasteiger partial charge in [-0.25, -0.2) is 13.1 Å². The number of aliphatic hydroxyl groups is 1. The van der Waals surface area contributed by atoms with E-state index < -0.39 is 22.2 Å². The van der Waals surface area contributed by atoms with Crippen LogP contribution in [0.1, 0.15) is 17.2 Å². The van der Waals surface area contributed by atoms with Crippen molar-refractivity contribution in [1.29, 1.82) is 0 Å². The van der Waals surface area contributed by atoms with Crippen LogP contribution in [0.5, 0.6) is 0 Å². The Morgan fingerprint density at radius 1 is 1.30 bits per heavy atom. The summed E-state index contributed by atoms with van der Waals surface area (Å²) < 4.78 is 28.9. The van der Waals surface area contributed by atoms with Crippen LogP contribution in [0.3, 0.4) is 0 Å². The zero-order valence-corrected chi connectivity index (χ0v) is 11.8. The Labute approximate surface area is 117 Å². The number of hydrogen-bond acceptors (Lipinski definition) is 3.